The van der Waals surface area contributed by atoms with Crippen molar-refractivity contribution in [3.8, 4) is 0 Å². The lowest BCUT2D eigenvalue weighted by Gasteiger charge is -2.34. The molecule has 2 aromatic rings. The van der Waals surface area contributed by atoms with Crippen LogP contribution in [-0.4, -0.2) is 18.0 Å². The maximum absolute atomic E-state index is 14.2. The Kier molecular flexibility index (Phi) is 4.40. The molecule has 24 heavy (non-hydrogen) atoms. The van der Waals surface area contributed by atoms with Gasteiger partial charge < -0.3 is 5.73 Å². The Morgan fingerprint density at radius 2 is 1.83 bits per heavy atom. The van der Waals surface area contributed by atoms with Crippen molar-refractivity contribution in [2.24, 2.45) is 5.73 Å². The zero-order valence-corrected chi connectivity index (χ0v) is 13.8. The Hall–Kier alpha value is -1.85. The Morgan fingerprint density at radius 3 is 2.50 bits per heavy atom. The lowest BCUT2D eigenvalue weighted by molar-refractivity contribution is 0.176. The monoisotopic (exact) mass is 334 g/mol. The summed E-state index contributed by atoms with van der Waals surface area (Å²) in [6.45, 7) is 4.98. The predicted octanol–water partition coefficient (Wildman–Crippen LogP) is 3.90. The molecule has 1 aliphatic heterocycles. The minimum atomic E-state index is -0.597. The van der Waals surface area contributed by atoms with E-state index in [2.05, 4.69) is 0 Å². The summed E-state index contributed by atoms with van der Waals surface area (Å²) >= 11 is 0. The van der Waals surface area contributed by atoms with Gasteiger partial charge in [0.15, 0.2) is 0 Å². The van der Waals surface area contributed by atoms with Gasteiger partial charge in [0.1, 0.15) is 17.5 Å². The number of hydrogen-bond acceptors (Lipinski definition) is 2. The second-order valence-electron chi connectivity index (χ2n) is 6.98. The summed E-state index contributed by atoms with van der Waals surface area (Å²) in [5.41, 5.74) is 7.06. The molecule has 0 radical (unpaired) electrons. The molecule has 0 aliphatic carbocycles. The summed E-state index contributed by atoms with van der Waals surface area (Å²) in [5.74, 6) is -1.41. The normalized spacial score (nSPS) is 18.0. The Morgan fingerprint density at radius 1 is 1.12 bits per heavy atom. The van der Waals surface area contributed by atoms with E-state index in [4.69, 9.17) is 5.73 Å². The third-order valence-electron chi connectivity index (χ3n) is 4.78. The molecule has 128 valence electrons. The van der Waals surface area contributed by atoms with E-state index in [1.807, 2.05) is 18.7 Å². The average molecular weight is 334 g/mol. The van der Waals surface area contributed by atoms with Gasteiger partial charge in [0.25, 0.3) is 0 Å². The summed E-state index contributed by atoms with van der Waals surface area (Å²) in [6.07, 6.45) is 0. The third kappa shape index (κ3) is 2.94. The van der Waals surface area contributed by atoms with Crippen molar-refractivity contribution in [3.63, 3.8) is 0 Å². The van der Waals surface area contributed by atoms with Gasteiger partial charge in [-0.15, -0.1) is 0 Å². The fraction of sp³-hybridized carbons (Fsp3) is 0.368. The van der Waals surface area contributed by atoms with Crippen LogP contribution >= 0.6 is 0 Å². The van der Waals surface area contributed by atoms with Crippen molar-refractivity contribution in [1.29, 1.82) is 0 Å². The van der Waals surface area contributed by atoms with Crippen molar-refractivity contribution >= 4 is 0 Å². The molecule has 5 heteroatoms. The number of nitrogens with zero attached hydrogens (tertiary/aromatic N) is 1. The summed E-state index contributed by atoms with van der Waals surface area (Å²) in [5, 5.41) is 0. The van der Waals surface area contributed by atoms with E-state index in [1.54, 1.807) is 18.2 Å². The first-order valence-corrected chi connectivity index (χ1v) is 8.00. The number of hydrogen-bond donors (Lipinski definition) is 1. The highest BCUT2D eigenvalue weighted by Gasteiger charge is 2.36. The van der Waals surface area contributed by atoms with Crippen LogP contribution in [0.1, 0.15) is 36.6 Å². The lowest BCUT2D eigenvalue weighted by atomic mass is 9.83. The van der Waals surface area contributed by atoms with E-state index >= 15 is 0 Å². The zero-order valence-electron chi connectivity index (χ0n) is 13.8. The molecule has 1 unspecified atom stereocenters. The van der Waals surface area contributed by atoms with E-state index in [0.717, 1.165) is 6.07 Å². The van der Waals surface area contributed by atoms with Crippen LogP contribution in [0.2, 0.25) is 0 Å². The SMILES string of the molecule is CC(C)(CN1Cc2c(F)cc(F)cc2C1CN)c1ccccc1F. The number of halogens is 3. The van der Waals surface area contributed by atoms with Crippen molar-refractivity contribution in [2.75, 3.05) is 13.1 Å². The summed E-state index contributed by atoms with van der Waals surface area (Å²) < 4.78 is 41.8. The standard InChI is InChI=1S/C19H21F3N2/c1-19(2,15-5-3-4-6-16(15)21)11-24-10-14-13(18(24)9-23)7-12(20)8-17(14)22/h3-8,18H,9-11,23H2,1-2H3. The molecule has 0 amide bonds. The molecule has 1 aliphatic rings. The molecule has 1 heterocycles. The Labute approximate surface area is 140 Å². The summed E-state index contributed by atoms with van der Waals surface area (Å²) in [7, 11) is 0. The number of nitrogens with two attached hydrogens (primary N) is 1. The van der Waals surface area contributed by atoms with E-state index in [0.29, 0.717) is 29.8 Å². The van der Waals surface area contributed by atoms with Gasteiger partial charge in [-0.05, 0) is 23.3 Å². The second-order valence-corrected chi connectivity index (χ2v) is 6.98. The molecule has 3 rings (SSSR count). The molecule has 0 fully saturated rings. The predicted molar refractivity (Wildman–Crippen MR) is 88.0 cm³/mol. The molecule has 0 bridgehead atoms. The highest BCUT2D eigenvalue weighted by Crippen LogP contribution is 2.38. The first-order valence-electron chi connectivity index (χ1n) is 8.00. The molecule has 2 N–H and O–H groups in total. The molecule has 0 saturated heterocycles. The van der Waals surface area contributed by atoms with Crippen LogP contribution in [0, 0.1) is 17.5 Å². The van der Waals surface area contributed by atoms with Crippen molar-refractivity contribution in [2.45, 2.75) is 31.8 Å². The molecule has 0 saturated carbocycles. The minimum Gasteiger partial charge on any atom is -0.329 e. The van der Waals surface area contributed by atoms with E-state index in [1.165, 1.54) is 12.1 Å². The highest BCUT2D eigenvalue weighted by atomic mass is 19.1. The van der Waals surface area contributed by atoms with Crippen molar-refractivity contribution < 1.29 is 13.2 Å². The Balaban J connectivity index is 1.91. The highest BCUT2D eigenvalue weighted by molar-refractivity contribution is 5.37. The Bertz CT molecular complexity index is 758. The first kappa shape index (κ1) is 17.0. The van der Waals surface area contributed by atoms with Crippen LogP contribution < -0.4 is 5.73 Å². The van der Waals surface area contributed by atoms with Crippen LogP contribution in [0.25, 0.3) is 0 Å². The lowest BCUT2D eigenvalue weighted by Crippen LogP contribution is -2.38. The minimum absolute atomic E-state index is 0.253. The largest absolute Gasteiger partial charge is 0.329 e. The molecular formula is C19H21F3N2. The van der Waals surface area contributed by atoms with Crippen molar-refractivity contribution in [1.82, 2.24) is 4.90 Å². The van der Waals surface area contributed by atoms with Crippen LogP contribution in [0.3, 0.4) is 0 Å². The van der Waals surface area contributed by atoms with Crippen LogP contribution in [-0.2, 0) is 12.0 Å². The van der Waals surface area contributed by atoms with Crippen LogP contribution in [0.4, 0.5) is 13.2 Å². The topological polar surface area (TPSA) is 29.3 Å². The third-order valence-corrected chi connectivity index (χ3v) is 4.78. The van der Waals surface area contributed by atoms with Crippen molar-refractivity contribution in [3.05, 3.63) is 70.5 Å². The quantitative estimate of drug-likeness (QED) is 0.919. The number of rotatable bonds is 4. The average Bonchev–Trinajstić information content (AvgIpc) is 2.84. The molecule has 2 nitrogen and oxygen atoms in total. The maximum Gasteiger partial charge on any atom is 0.130 e. The smallest absolute Gasteiger partial charge is 0.130 e. The molecular weight excluding hydrogens is 313 g/mol. The van der Waals surface area contributed by atoms with Gasteiger partial charge in [-0.2, -0.15) is 0 Å². The van der Waals surface area contributed by atoms with Gasteiger partial charge in [0.05, 0.1) is 0 Å². The van der Waals surface area contributed by atoms with Crippen LogP contribution in [0.5, 0.6) is 0 Å². The van der Waals surface area contributed by atoms with Gasteiger partial charge in [0.2, 0.25) is 0 Å². The molecule has 1 atom stereocenters. The molecule has 0 spiro atoms. The fourth-order valence-electron chi connectivity index (χ4n) is 3.64. The zero-order chi connectivity index (χ0) is 17.5. The fourth-order valence-corrected chi connectivity index (χ4v) is 3.64. The van der Waals surface area contributed by atoms with E-state index in [9.17, 15) is 13.2 Å². The number of fused-ring (bicyclic) bond motifs is 1. The second kappa shape index (κ2) is 6.22. The maximum atomic E-state index is 14.2. The molecule has 0 aromatic heterocycles. The van der Waals surface area contributed by atoms with E-state index < -0.39 is 17.0 Å². The number of benzene rings is 2. The van der Waals surface area contributed by atoms with Gasteiger partial charge >= 0.3 is 0 Å². The summed E-state index contributed by atoms with van der Waals surface area (Å²) in [6, 6.07) is 8.64. The van der Waals surface area contributed by atoms with Gasteiger partial charge in [-0.25, -0.2) is 13.2 Å². The van der Waals surface area contributed by atoms with Crippen LogP contribution in [0.15, 0.2) is 36.4 Å². The van der Waals surface area contributed by atoms with Gasteiger partial charge in [-0.3, -0.25) is 4.90 Å². The van der Waals surface area contributed by atoms with Gasteiger partial charge in [-0.1, -0.05) is 32.0 Å². The molecule has 2 aromatic carbocycles. The van der Waals surface area contributed by atoms with E-state index in [-0.39, 0.29) is 18.4 Å². The first-order chi connectivity index (χ1) is 11.3. The summed E-state index contributed by atoms with van der Waals surface area (Å²) in [4.78, 5) is 2.00. The van der Waals surface area contributed by atoms with Gasteiger partial charge in [0, 0.05) is 42.7 Å².